The minimum absolute atomic E-state index is 0.0126. The third-order valence-corrected chi connectivity index (χ3v) is 7.34. The first-order valence-corrected chi connectivity index (χ1v) is 13.7. The van der Waals surface area contributed by atoms with Crippen LogP contribution in [-0.4, -0.2) is 66.0 Å². The number of hydrogen-bond acceptors (Lipinski definition) is 9. The Morgan fingerprint density at radius 1 is 1.26 bits per heavy atom. The number of carbonyl (C=O) groups is 2. The van der Waals surface area contributed by atoms with Crippen molar-refractivity contribution in [1.82, 2.24) is 20.4 Å². The van der Waals surface area contributed by atoms with Gasteiger partial charge in [0.1, 0.15) is 5.75 Å². The SMILES string of the molecule is COc1cc2c3cc1OCC(=O)NCCCOc1cccc(c1)C2N(C(=O)CSCc1nc(C)no1)CC3. The van der Waals surface area contributed by atoms with E-state index >= 15 is 0 Å². The van der Waals surface area contributed by atoms with E-state index < -0.39 is 0 Å². The lowest BCUT2D eigenvalue weighted by Crippen LogP contribution is -2.41. The summed E-state index contributed by atoms with van der Waals surface area (Å²) < 4.78 is 22.6. The molecule has 10 nitrogen and oxygen atoms in total. The second-order valence-electron chi connectivity index (χ2n) is 9.08. The standard InChI is InChI=1S/C27H30N4O6S/c1-17-29-25(37-30-17)15-38-16-26(33)31-9-7-18-12-23-22(34-2)13-21(18)27(31)19-5-3-6-20(11-19)35-10-4-8-28-24(32)14-36-23/h3,5-6,11-13,27H,4,7-10,14-16H2,1-2H3,(H,28,32). The number of methoxy groups -OCH3 is 1. The van der Waals surface area contributed by atoms with Gasteiger partial charge in [-0.15, -0.1) is 11.8 Å². The predicted molar refractivity (Wildman–Crippen MR) is 141 cm³/mol. The second kappa shape index (κ2) is 11.8. The first-order chi connectivity index (χ1) is 18.5. The zero-order chi connectivity index (χ0) is 26.5. The zero-order valence-corrected chi connectivity index (χ0v) is 22.2. The maximum absolute atomic E-state index is 13.6. The number of fused-ring (bicyclic) bond motifs is 8. The van der Waals surface area contributed by atoms with E-state index in [2.05, 4.69) is 15.5 Å². The average Bonchev–Trinajstić information content (AvgIpc) is 3.34. The van der Waals surface area contributed by atoms with E-state index in [4.69, 9.17) is 18.7 Å². The summed E-state index contributed by atoms with van der Waals surface area (Å²) in [4.78, 5) is 31.9. The van der Waals surface area contributed by atoms with Crippen molar-refractivity contribution in [2.75, 3.05) is 39.2 Å². The first kappa shape index (κ1) is 25.9. The van der Waals surface area contributed by atoms with Gasteiger partial charge < -0.3 is 29.0 Å². The minimum Gasteiger partial charge on any atom is -0.494 e. The summed E-state index contributed by atoms with van der Waals surface area (Å²) in [5, 5.41) is 6.66. The van der Waals surface area contributed by atoms with Crippen molar-refractivity contribution in [3.8, 4) is 17.2 Å². The molecule has 1 aromatic heterocycles. The van der Waals surface area contributed by atoms with Crippen LogP contribution in [0.2, 0.25) is 0 Å². The van der Waals surface area contributed by atoms with Crippen molar-refractivity contribution in [3.63, 3.8) is 0 Å². The van der Waals surface area contributed by atoms with Crippen LogP contribution in [0.4, 0.5) is 0 Å². The third-order valence-electron chi connectivity index (χ3n) is 6.44. The number of carbonyl (C=O) groups excluding carboxylic acids is 2. The number of ether oxygens (including phenoxy) is 3. The Morgan fingerprint density at radius 3 is 2.97 bits per heavy atom. The molecular weight excluding hydrogens is 508 g/mol. The maximum atomic E-state index is 13.6. The van der Waals surface area contributed by atoms with Gasteiger partial charge in [0.25, 0.3) is 5.91 Å². The molecule has 0 saturated heterocycles. The van der Waals surface area contributed by atoms with Crippen LogP contribution in [0.5, 0.6) is 17.2 Å². The Bertz CT molecular complexity index is 1310. The lowest BCUT2D eigenvalue weighted by Gasteiger charge is -2.38. The Kier molecular flexibility index (Phi) is 8.02. The topological polar surface area (TPSA) is 116 Å². The zero-order valence-electron chi connectivity index (χ0n) is 21.4. The molecule has 0 fully saturated rings. The summed E-state index contributed by atoms with van der Waals surface area (Å²) in [5.74, 6) is 3.36. The van der Waals surface area contributed by atoms with Crippen LogP contribution in [0.15, 0.2) is 40.9 Å². The molecule has 0 saturated carbocycles. The summed E-state index contributed by atoms with van der Waals surface area (Å²) in [7, 11) is 1.57. The molecular formula is C27H30N4O6S. The number of nitrogens with one attached hydrogen (secondary N) is 1. The molecule has 4 heterocycles. The van der Waals surface area contributed by atoms with Crippen molar-refractivity contribution in [2.24, 2.45) is 0 Å². The number of aryl methyl sites for hydroxylation is 1. The number of aromatic nitrogens is 2. The Balaban J connectivity index is 1.48. The minimum atomic E-state index is -0.333. The Labute approximate surface area is 225 Å². The van der Waals surface area contributed by atoms with E-state index in [9.17, 15) is 9.59 Å². The van der Waals surface area contributed by atoms with Gasteiger partial charge in [-0.05, 0) is 60.7 Å². The average molecular weight is 539 g/mol. The molecule has 6 bridgehead atoms. The van der Waals surface area contributed by atoms with Crippen molar-refractivity contribution >= 4 is 23.6 Å². The molecule has 6 rings (SSSR count). The molecule has 1 unspecified atom stereocenters. The lowest BCUT2D eigenvalue weighted by atomic mass is 9.87. The molecule has 2 aromatic carbocycles. The summed E-state index contributed by atoms with van der Waals surface area (Å²) in [6, 6.07) is 11.3. The molecule has 1 atom stereocenters. The van der Waals surface area contributed by atoms with E-state index in [0.717, 1.165) is 16.7 Å². The van der Waals surface area contributed by atoms with Crippen LogP contribution in [0.3, 0.4) is 0 Å². The van der Waals surface area contributed by atoms with Gasteiger partial charge in [-0.3, -0.25) is 9.59 Å². The first-order valence-electron chi connectivity index (χ1n) is 12.5. The van der Waals surface area contributed by atoms with Gasteiger partial charge in [0.2, 0.25) is 11.8 Å². The fourth-order valence-corrected chi connectivity index (χ4v) is 5.43. The van der Waals surface area contributed by atoms with E-state index in [0.29, 0.717) is 67.3 Å². The van der Waals surface area contributed by atoms with Gasteiger partial charge >= 0.3 is 0 Å². The highest BCUT2D eigenvalue weighted by Gasteiger charge is 2.33. The molecule has 11 heteroatoms. The van der Waals surface area contributed by atoms with E-state index in [1.165, 1.54) is 11.8 Å². The second-order valence-corrected chi connectivity index (χ2v) is 10.1. The highest BCUT2D eigenvalue weighted by atomic mass is 32.2. The number of nitrogens with zero attached hydrogens (tertiary/aromatic N) is 3. The quantitative estimate of drug-likeness (QED) is 0.523. The van der Waals surface area contributed by atoms with Crippen LogP contribution < -0.4 is 19.5 Å². The van der Waals surface area contributed by atoms with Gasteiger partial charge in [-0.2, -0.15) is 4.98 Å². The van der Waals surface area contributed by atoms with Crippen LogP contribution in [0.1, 0.15) is 40.9 Å². The van der Waals surface area contributed by atoms with Crippen molar-refractivity contribution in [1.29, 1.82) is 0 Å². The van der Waals surface area contributed by atoms with Gasteiger partial charge in [0.05, 0.1) is 31.3 Å². The van der Waals surface area contributed by atoms with Crippen molar-refractivity contribution < 1.29 is 28.3 Å². The molecule has 3 aliphatic heterocycles. The molecule has 0 spiro atoms. The molecule has 3 aromatic rings. The predicted octanol–water partition coefficient (Wildman–Crippen LogP) is 3.07. The van der Waals surface area contributed by atoms with Crippen LogP contribution in [-0.2, 0) is 21.8 Å². The van der Waals surface area contributed by atoms with E-state index in [-0.39, 0.29) is 30.2 Å². The van der Waals surface area contributed by atoms with Crippen LogP contribution in [0, 0.1) is 6.92 Å². The van der Waals surface area contributed by atoms with Gasteiger partial charge in [0, 0.05) is 13.1 Å². The number of rotatable bonds is 5. The van der Waals surface area contributed by atoms with E-state index in [1.54, 1.807) is 14.0 Å². The summed E-state index contributed by atoms with van der Waals surface area (Å²) in [5.41, 5.74) is 2.95. The fourth-order valence-electron chi connectivity index (χ4n) is 4.69. The lowest BCUT2D eigenvalue weighted by molar-refractivity contribution is -0.130. The number of hydrogen-bond donors (Lipinski definition) is 1. The van der Waals surface area contributed by atoms with Crippen molar-refractivity contribution in [2.45, 2.75) is 31.6 Å². The highest BCUT2D eigenvalue weighted by molar-refractivity contribution is 7.99. The van der Waals surface area contributed by atoms with E-state index in [1.807, 2.05) is 41.3 Å². The normalized spacial score (nSPS) is 17.4. The Morgan fingerprint density at radius 2 is 2.16 bits per heavy atom. The van der Waals surface area contributed by atoms with Crippen LogP contribution >= 0.6 is 11.8 Å². The highest BCUT2D eigenvalue weighted by Crippen LogP contribution is 2.42. The monoisotopic (exact) mass is 538 g/mol. The number of benzene rings is 2. The molecule has 0 aliphatic carbocycles. The number of thioether (sulfide) groups is 1. The molecule has 0 radical (unpaired) electrons. The fraction of sp³-hybridized carbons (Fsp3) is 0.407. The largest absolute Gasteiger partial charge is 0.494 e. The maximum Gasteiger partial charge on any atom is 0.257 e. The van der Waals surface area contributed by atoms with Gasteiger partial charge in [0.15, 0.2) is 23.9 Å². The number of amides is 2. The molecule has 38 heavy (non-hydrogen) atoms. The van der Waals surface area contributed by atoms with Gasteiger partial charge in [-0.25, -0.2) is 0 Å². The van der Waals surface area contributed by atoms with Gasteiger partial charge in [-0.1, -0.05) is 17.3 Å². The summed E-state index contributed by atoms with van der Waals surface area (Å²) in [6.45, 7) is 3.13. The molecule has 200 valence electrons. The smallest absolute Gasteiger partial charge is 0.257 e. The molecule has 1 N–H and O–H groups in total. The van der Waals surface area contributed by atoms with Crippen molar-refractivity contribution in [3.05, 3.63) is 64.8 Å². The van der Waals surface area contributed by atoms with Crippen LogP contribution in [0.25, 0.3) is 0 Å². The third kappa shape index (κ3) is 5.88. The Hall–Kier alpha value is -3.73. The summed E-state index contributed by atoms with van der Waals surface area (Å²) >= 11 is 1.45. The molecule has 3 aliphatic rings. The molecule has 2 amide bonds. The summed E-state index contributed by atoms with van der Waals surface area (Å²) in [6.07, 6.45) is 1.30.